The van der Waals surface area contributed by atoms with Crippen molar-refractivity contribution >= 4 is 5.97 Å². The van der Waals surface area contributed by atoms with E-state index in [-0.39, 0.29) is 5.56 Å². The number of carboxylic acids is 1. The monoisotopic (exact) mass is 210 g/mol. The molecule has 1 fully saturated rings. The highest BCUT2D eigenvalue weighted by Gasteiger charge is 2.20. The highest BCUT2D eigenvalue weighted by molar-refractivity contribution is 5.88. The molecule has 5 heteroatoms. The molecule has 0 saturated carbocycles. The molecule has 1 aromatic rings. The first-order valence-corrected chi connectivity index (χ1v) is 5.17. The molecule has 1 aliphatic heterocycles. The van der Waals surface area contributed by atoms with Gasteiger partial charge in [-0.25, -0.2) is 4.79 Å². The van der Waals surface area contributed by atoms with Crippen molar-refractivity contribution < 1.29 is 14.4 Å². The van der Waals surface area contributed by atoms with E-state index in [2.05, 4.69) is 10.5 Å². The van der Waals surface area contributed by atoms with Crippen LogP contribution in [0.4, 0.5) is 0 Å². The number of aromatic carboxylic acids is 1. The molecular weight excluding hydrogens is 196 g/mol. The second kappa shape index (κ2) is 4.44. The van der Waals surface area contributed by atoms with Crippen LogP contribution in [0.2, 0.25) is 0 Å². The lowest BCUT2D eigenvalue weighted by atomic mass is 10.00. The number of aromatic nitrogens is 1. The third-order valence-electron chi connectivity index (χ3n) is 2.72. The Morgan fingerprint density at radius 3 is 3.20 bits per heavy atom. The second-order valence-electron chi connectivity index (χ2n) is 3.82. The maximum Gasteiger partial charge on any atom is 0.340 e. The molecule has 0 aliphatic carbocycles. The number of carboxylic acid groups (broad SMARTS) is 1. The Kier molecular flexibility index (Phi) is 3.01. The van der Waals surface area contributed by atoms with Gasteiger partial charge in [-0.2, -0.15) is 0 Å². The molecule has 1 saturated heterocycles. The molecule has 5 nitrogen and oxygen atoms in total. The molecule has 1 unspecified atom stereocenters. The summed E-state index contributed by atoms with van der Waals surface area (Å²) in [6.45, 7) is 1.00. The third kappa shape index (κ3) is 2.36. The minimum Gasteiger partial charge on any atom is -0.478 e. The quantitative estimate of drug-likeness (QED) is 0.780. The van der Waals surface area contributed by atoms with Crippen molar-refractivity contribution in [2.24, 2.45) is 0 Å². The largest absolute Gasteiger partial charge is 0.478 e. The van der Waals surface area contributed by atoms with Crippen molar-refractivity contribution in [1.29, 1.82) is 0 Å². The maximum absolute atomic E-state index is 10.8. The van der Waals surface area contributed by atoms with Crippen LogP contribution < -0.4 is 5.32 Å². The molecule has 15 heavy (non-hydrogen) atoms. The van der Waals surface area contributed by atoms with Crippen molar-refractivity contribution in [3.63, 3.8) is 0 Å². The molecule has 0 bridgehead atoms. The number of carbonyl (C=O) groups is 1. The second-order valence-corrected chi connectivity index (χ2v) is 3.82. The fraction of sp³-hybridized carbons (Fsp3) is 0.600. The van der Waals surface area contributed by atoms with Gasteiger partial charge in [-0.3, -0.25) is 0 Å². The summed E-state index contributed by atoms with van der Waals surface area (Å²) in [5.74, 6) is -0.496. The molecule has 2 N–H and O–H groups in total. The summed E-state index contributed by atoms with van der Waals surface area (Å²) in [6, 6.07) is 0.324. The van der Waals surface area contributed by atoms with E-state index < -0.39 is 5.97 Å². The van der Waals surface area contributed by atoms with E-state index in [0.29, 0.717) is 18.2 Å². The lowest BCUT2D eigenvalue weighted by Gasteiger charge is -2.22. The Morgan fingerprint density at radius 2 is 2.53 bits per heavy atom. The van der Waals surface area contributed by atoms with Gasteiger partial charge in [0.1, 0.15) is 5.56 Å². The minimum atomic E-state index is -0.970. The topological polar surface area (TPSA) is 75.4 Å². The van der Waals surface area contributed by atoms with Gasteiger partial charge in [0.05, 0.1) is 6.20 Å². The third-order valence-corrected chi connectivity index (χ3v) is 2.72. The van der Waals surface area contributed by atoms with Gasteiger partial charge in [0, 0.05) is 12.5 Å². The van der Waals surface area contributed by atoms with Gasteiger partial charge < -0.3 is 14.9 Å². The van der Waals surface area contributed by atoms with E-state index in [1.807, 2.05) is 0 Å². The van der Waals surface area contributed by atoms with Crippen LogP contribution in [-0.4, -0.2) is 28.8 Å². The normalized spacial score (nSPS) is 21.5. The molecule has 0 aromatic carbocycles. The SMILES string of the molecule is O=C(O)c1cnoc1CC1CCCCN1. The average Bonchev–Trinajstić information content (AvgIpc) is 2.67. The maximum atomic E-state index is 10.8. The predicted octanol–water partition coefficient (Wildman–Crippen LogP) is 1.06. The zero-order valence-electron chi connectivity index (χ0n) is 8.40. The van der Waals surface area contributed by atoms with Gasteiger partial charge in [0.25, 0.3) is 0 Å². The molecule has 1 aromatic heterocycles. The molecule has 82 valence electrons. The number of hydrogen-bond acceptors (Lipinski definition) is 4. The summed E-state index contributed by atoms with van der Waals surface area (Å²) >= 11 is 0. The summed E-state index contributed by atoms with van der Waals surface area (Å²) in [7, 11) is 0. The van der Waals surface area contributed by atoms with Crippen LogP contribution in [-0.2, 0) is 6.42 Å². The number of piperidine rings is 1. The zero-order chi connectivity index (χ0) is 10.7. The molecule has 2 heterocycles. The number of hydrogen-bond donors (Lipinski definition) is 2. The van der Waals surface area contributed by atoms with Crippen LogP contribution in [0.15, 0.2) is 10.7 Å². The smallest absolute Gasteiger partial charge is 0.340 e. The van der Waals surface area contributed by atoms with Gasteiger partial charge in [-0.15, -0.1) is 0 Å². The molecule has 0 amide bonds. The van der Waals surface area contributed by atoms with Crippen LogP contribution in [0.5, 0.6) is 0 Å². The molecule has 1 aliphatic rings. The highest BCUT2D eigenvalue weighted by Crippen LogP contribution is 2.15. The lowest BCUT2D eigenvalue weighted by Crippen LogP contribution is -2.35. The first-order chi connectivity index (χ1) is 7.27. The van der Waals surface area contributed by atoms with Gasteiger partial charge >= 0.3 is 5.97 Å². The van der Waals surface area contributed by atoms with Gasteiger partial charge in [0.15, 0.2) is 5.76 Å². The van der Waals surface area contributed by atoms with Gasteiger partial charge in [-0.05, 0) is 19.4 Å². The lowest BCUT2D eigenvalue weighted by molar-refractivity contribution is 0.0694. The van der Waals surface area contributed by atoms with Crippen molar-refractivity contribution in [1.82, 2.24) is 10.5 Å². The zero-order valence-corrected chi connectivity index (χ0v) is 8.40. The van der Waals surface area contributed by atoms with E-state index >= 15 is 0 Å². The predicted molar refractivity (Wildman–Crippen MR) is 52.8 cm³/mol. The van der Waals surface area contributed by atoms with Crippen LogP contribution in [0.1, 0.15) is 35.4 Å². The summed E-state index contributed by atoms with van der Waals surface area (Å²) in [5.41, 5.74) is 0.183. The summed E-state index contributed by atoms with van der Waals surface area (Å²) in [6.07, 6.45) is 5.33. The first kappa shape index (κ1) is 10.2. The van der Waals surface area contributed by atoms with E-state index in [9.17, 15) is 4.79 Å². The fourth-order valence-corrected chi connectivity index (χ4v) is 1.91. The first-order valence-electron chi connectivity index (χ1n) is 5.17. The molecule has 0 spiro atoms. The fourth-order valence-electron chi connectivity index (χ4n) is 1.91. The number of rotatable bonds is 3. The van der Waals surface area contributed by atoms with Crippen molar-refractivity contribution in [2.45, 2.75) is 31.7 Å². The Labute approximate surface area is 87.5 Å². The van der Waals surface area contributed by atoms with Crippen molar-refractivity contribution in [3.8, 4) is 0 Å². The van der Waals surface area contributed by atoms with Gasteiger partial charge in [0.2, 0.25) is 0 Å². The van der Waals surface area contributed by atoms with Crippen LogP contribution in [0.25, 0.3) is 0 Å². The molecule has 2 rings (SSSR count). The molecule has 1 atom stereocenters. The van der Waals surface area contributed by atoms with Gasteiger partial charge in [-0.1, -0.05) is 11.6 Å². The Bertz CT molecular complexity index is 342. The average molecular weight is 210 g/mol. The van der Waals surface area contributed by atoms with Crippen LogP contribution in [0, 0.1) is 0 Å². The van der Waals surface area contributed by atoms with Crippen molar-refractivity contribution in [2.75, 3.05) is 6.54 Å². The molecular formula is C10H14N2O3. The van der Waals surface area contributed by atoms with E-state index in [1.165, 1.54) is 19.0 Å². The van der Waals surface area contributed by atoms with Crippen molar-refractivity contribution in [3.05, 3.63) is 17.5 Å². The van der Waals surface area contributed by atoms with E-state index in [1.54, 1.807) is 0 Å². The summed E-state index contributed by atoms with van der Waals surface area (Å²) in [5, 5.41) is 15.7. The number of nitrogens with one attached hydrogen (secondary N) is 1. The summed E-state index contributed by atoms with van der Waals surface area (Å²) in [4.78, 5) is 10.8. The summed E-state index contributed by atoms with van der Waals surface area (Å²) < 4.78 is 4.96. The van der Waals surface area contributed by atoms with E-state index in [4.69, 9.17) is 9.63 Å². The number of nitrogens with zero attached hydrogens (tertiary/aromatic N) is 1. The highest BCUT2D eigenvalue weighted by atomic mass is 16.5. The molecule has 0 radical (unpaired) electrons. The minimum absolute atomic E-state index is 0.183. The van der Waals surface area contributed by atoms with Crippen LogP contribution in [0.3, 0.4) is 0 Å². The van der Waals surface area contributed by atoms with Crippen LogP contribution >= 0.6 is 0 Å². The Hall–Kier alpha value is -1.36. The standard InChI is InChI=1S/C10H14N2O3/c13-10(14)8-6-12-15-9(8)5-7-3-1-2-4-11-7/h6-7,11H,1-5H2,(H,13,14). The Balaban J connectivity index is 2.03. The van der Waals surface area contributed by atoms with E-state index in [0.717, 1.165) is 13.0 Å². The Morgan fingerprint density at radius 1 is 1.67 bits per heavy atom.